The summed E-state index contributed by atoms with van der Waals surface area (Å²) in [4.78, 5) is 3.65. The van der Waals surface area contributed by atoms with E-state index in [1.54, 1.807) is 24.5 Å². The van der Waals surface area contributed by atoms with E-state index in [-0.39, 0.29) is 0 Å². The highest BCUT2D eigenvalue weighted by atomic mass is 32.1. The van der Waals surface area contributed by atoms with Crippen LogP contribution in [0.25, 0.3) is 0 Å². The maximum Gasteiger partial charge on any atom is 0.123 e. The summed E-state index contributed by atoms with van der Waals surface area (Å²) in [5.74, 6) is 0.840. The van der Waals surface area contributed by atoms with Gasteiger partial charge >= 0.3 is 0 Å². The van der Waals surface area contributed by atoms with Crippen molar-refractivity contribution in [3.63, 3.8) is 0 Å². The van der Waals surface area contributed by atoms with Gasteiger partial charge in [-0.1, -0.05) is 6.07 Å². The molecule has 0 radical (unpaired) electrons. The van der Waals surface area contributed by atoms with E-state index in [0.717, 1.165) is 30.8 Å². The van der Waals surface area contributed by atoms with Crippen LogP contribution in [0.3, 0.4) is 0 Å². The summed E-state index contributed by atoms with van der Waals surface area (Å²) < 4.78 is 5.36. The first kappa shape index (κ1) is 14.6. The van der Waals surface area contributed by atoms with Crippen molar-refractivity contribution < 1.29 is 4.74 Å². The van der Waals surface area contributed by atoms with Gasteiger partial charge in [0.05, 0.1) is 18.7 Å². The van der Waals surface area contributed by atoms with Crippen LogP contribution in [0.15, 0.2) is 35.7 Å². The molecule has 2 rings (SSSR count). The Morgan fingerprint density at radius 2 is 2.20 bits per heavy atom. The second-order valence-electron chi connectivity index (χ2n) is 4.71. The molecule has 4 heteroatoms. The van der Waals surface area contributed by atoms with E-state index in [1.807, 2.05) is 12.1 Å². The van der Waals surface area contributed by atoms with Gasteiger partial charge in [-0.2, -0.15) is 5.26 Å². The Morgan fingerprint density at radius 3 is 2.85 bits per heavy atom. The number of likely N-dealkylation sites (N-methyl/N-ethyl adjacent to an activating group) is 1. The lowest BCUT2D eigenvalue weighted by atomic mass is 10.1. The molecule has 0 aliphatic heterocycles. The molecule has 2 aromatic rings. The lowest BCUT2D eigenvalue weighted by molar-refractivity contribution is 0.321. The first-order valence-electron chi connectivity index (χ1n) is 6.51. The Kier molecular flexibility index (Phi) is 5.16. The molecular formula is C16H18N2OS. The second-order valence-corrected chi connectivity index (χ2v) is 5.74. The average Bonchev–Trinajstić information content (AvgIpc) is 2.98. The highest BCUT2D eigenvalue weighted by Crippen LogP contribution is 2.21. The standard InChI is InChI=1S/C16H18N2OS/c1-18(8-7-15-4-3-9-20-15)12-14-10-13(11-17)5-6-16(14)19-2/h3-6,9-10H,7-8,12H2,1-2H3. The molecule has 0 saturated heterocycles. The summed E-state index contributed by atoms with van der Waals surface area (Å²) in [5.41, 5.74) is 1.73. The first-order chi connectivity index (χ1) is 9.72. The van der Waals surface area contributed by atoms with Crippen molar-refractivity contribution in [2.45, 2.75) is 13.0 Å². The Bertz CT molecular complexity index is 587. The Hall–Kier alpha value is -1.83. The Morgan fingerprint density at radius 1 is 1.35 bits per heavy atom. The maximum atomic E-state index is 8.99. The smallest absolute Gasteiger partial charge is 0.123 e. The SMILES string of the molecule is COc1ccc(C#N)cc1CN(C)CCc1cccs1. The minimum Gasteiger partial charge on any atom is -0.496 e. The normalized spacial score (nSPS) is 10.5. The molecule has 0 atom stereocenters. The van der Waals surface area contributed by atoms with E-state index in [1.165, 1.54) is 4.88 Å². The maximum absolute atomic E-state index is 8.99. The summed E-state index contributed by atoms with van der Waals surface area (Å²) in [6.07, 6.45) is 1.05. The highest BCUT2D eigenvalue weighted by Gasteiger charge is 2.08. The lowest BCUT2D eigenvalue weighted by Gasteiger charge is -2.18. The third-order valence-corrected chi connectivity index (χ3v) is 4.11. The third-order valence-electron chi connectivity index (χ3n) is 3.17. The van der Waals surface area contributed by atoms with E-state index < -0.39 is 0 Å². The van der Waals surface area contributed by atoms with Gasteiger partial charge in [0.15, 0.2) is 0 Å². The molecule has 0 fully saturated rings. The van der Waals surface area contributed by atoms with Crippen molar-refractivity contribution in [1.29, 1.82) is 5.26 Å². The van der Waals surface area contributed by atoms with Crippen LogP contribution in [0.1, 0.15) is 16.0 Å². The van der Waals surface area contributed by atoms with Gasteiger partial charge in [-0.15, -0.1) is 11.3 Å². The topological polar surface area (TPSA) is 36.3 Å². The molecule has 0 saturated carbocycles. The average molecular weight is 286 g/mol. The van der Waals surface area contributed by atoms with Crippen LogP contribution in [0.2, 0.25) is 0 Å². The Balaban J connectivity index is 1.99. The van der Waals surface area contributed by atoms with Crippen molar-refractivity contribution in [2.75, 3.05) is 20.7 Å². The van der Waals surface area contributed by atoms with Gasteiger partial charge < -0.3 is 9.64 Å². The molecule has 1 aromatic carbocycles. The van der Waals surface area contributed by atoms with Crippen LogP contribution in [0.5, 0.6) is 5.75 Å². The monoisotopic (exact) mass is 286 g/mol. The molecule has 104 valence electrons. The predicted molar refractivity (Wildman–Crippen MR) is 82.1 cm³/mol. The fraction of sp³-hybridized carbons (Fsp3) is 0.312. The molecule has 0 N–H and O–H groups in total. The molecule has 0 amide bonds. The van der Waals surface area contributed by atoms with E-state index in [4.69, 9.17) is 10.00 Å². The number of nitriles is 1. The number of nitrogens with zero attached hydrogens (tertiary/aromatic N) is 2. The molecule has 20 heavy (non-hydrogen) atoms. The zero-order valence-electron chi connectivity index (χ0n) is 11.8. The van der Waals surface area contributed by atoms with Gasteiger partial charge in [0, 0.05) is 23.5 Å². The molecule has 0 bridgehead atoms. The molecule has 0 aliphatic carbocycles. The summed E-state index contributed by atoms with van der Waals surface area (Å²) in [7, 11) is 3.75. The van der Waals surface area contributed by atoms with Gasteiger partial charge in [-0.05, 0) is 43.1 Å². The van der Waals surface area contributed by atoms with Crippen LogP contribution in [-0.4, -0.2) is 25.6 Å². The minimum absolute atomic E-state index is 0.674. The first-order valence-corrected chi connectivity index (χ1v) is 7.39. The van der Waals surface area contributed by atoms with Crippen LogP contribution >= 0.6 is 11.3 Å². The number of ether oxygens (including phenoxy) is 1. The number of hydrogen-bond donors (Lipinski definition) is 0. The van der Waals surface area contributed by atoms with Gasteiger partial charge in [0.1, 0.15) is 5.75 Å². The van der Waals surface area contributed by atoms with Crippen molar-refractivity contribution in [3.05, 3.63) is 51.7 Å². The van der Waals surface area contributed by atoms with Gasteiger partial charge in [0.25, 0.3) is 0 Å². The highest BCUT2D eigenvalue weighted by molar-refractivity contribution is 7.09. The van der Waals surface area contributed by atoms with Crippen molar-refractivity contribution in [2.24, 2.45) is 0 Å². The van der Waals surface area contributed by atoms with E-state index >= 15 is 0 Å². The van der Waals surface area contributed by atoms with E-state index in [2.05, 4.69) is 35.5 Å². The zero-order valence-corrected chi connectivity index (χ0v) is 12.6. The number of thiophene rings is 1. The summed E-state index contributed by atoms with van der Waals surface area (Å²) in [6.45, 7) is 1.77. The molecule has 0 spiro atoms. The second kappa shape index (κ2) is 7.09. The molecular weight excluding hydrogens is 268 g/mol. The van der Waals surface area contributed by atoms with Gasteiger partial charge in [-0.25, -0.2) is 0 Å². The lowest BCUT2D eigenvalue weighted by Crippen LogP contribution is -2.20. The van der Waals surface area contributed by atoms with Crippen LogP contribution in [0, 0.1) is 11.3 Å². The number of rotatable bonds is 6. The fourth-order valence-corrected chi connectivity index (χ4v) is 2.80. The molecule has 3 nitrogen and oxygen atoms in total. The van der Waals surface area contributed by atoms with Crippen LogP contribution in [0.4, 0.5) is 0 Å². The van der Waals surface area contributed by atoms with Crippen LogP contribution < -0.4 is 4.74 Å². The molecule has 1 heterocycles. The fourth-order valence-electron chi connectivity index (χ4n) is 2.10. The number of hydrogen-bond acceptors (Lipinski definition) is 4. The quantitative estimate of drug-likeness (QED) is 0.817. The summed E-state index contributed by atoms with van der Waals surface area (Å²) >= 11 is 1.79. The summed E-state index contributed by atoms with van der Waals surface area (Å²) in [6, 6.07) is 12.0. The van der Waals surface area contributed by atoms with Crippen molar-refractivity contribution in [1.82, 2.24) is 4.90 Å². The minimum atomic E-state index is 0.674. The third kappa shape index (κ3) is 3.83. The van der Waals surface area contributed by atoms with E-state index in [9.17, 15) is 0 Å². The molecule has 0 unspecified atom stereocenters. The van der Waals surface area contributed by atoms with Crippen molar-refractivity contribution >= 4 is 11.3 Å². The number of benzene rings is 1. The summed E-state index contributed by atoms with van der Waals surface area (Å²) in [5, 5.41) is 11.1. The predicted octanol–water partition coefficient (Wildman–Crippen LogP) is 3.30. The van der Waals surface area contributed by atoms with Gasteiger partial charge in [-0.3, -0.25) is 0 Å². The van der Waals surface area contributed by atoms with Crippen molar-refractivity contribution in [3.8, 4) is 11.8 Å². The number of methoxy groups -OCH3 is 1. The molecule has 0 aliphatic rings. The largest absolute Gasteiger partial charge is 0.496 e. The Labute approximate surface area is 124 Å². The van der Waals surface area contributed by atoms with Gasteiger partial charge in [0.2, 0.25) is 0 Å². The zero-order chi connectivity index (χ0) is 14.4. The van der Waals surface area contributed by atoms with E-state index in [0.29, 0.717) is 5.56 Å². The molecule has 1 aromatic heterocycles. The van der Waals surface area contributed by atoms with Crippen LogP contribution in [-0.2, 0) is 13.0 Å².